The van der Waals surface area contributed by atoms with E-state index in [-0.39, 0.29) is 0 Å². The molecule has 0 heteroatoms. The van der Waals surface area contributed by atoms with Crippen molar-refractivity contribution in [2.24, 2.45) is 17.8 Å². The molecule has 0 heterocycles. The molecule has 1 radical (unpaired) electrons. The zero-order valence-electron chi connectivity index (χ0n) is 7.85. The van der Waals surface area contributed by atoms with Crippen LogP contribution >= 0.6 is 0 Å². The van der Waals surface area contributed by atoms with Gasteiger partial charge in [-0.15, -0.1) is 0 Å². The molecule has 0 spiro atoms. The third-order valence-electron chi connectivity index (χ3n) is 2.17. The standard InChI is InChI=1S/C10H21/c1-8(2)6-7-10(5)9(3)4/h8-10H,3,6-7H2,1-2,4-5H3. The van der Waals surface area contributed by atoms with Crippen LogP contribution in [0.15, 0.2) is 0 Å². The highest BCUT2D eigenvalue weighted by Gasteiger charge is 2.06. The number of rotatable bonds is 4. The van der Waals surface area contributed by atoms with Crippen LogP contribution in [0.3, 0.4) is 0 Å². The van der Waals surface area contributed by atoms with E-state index in [0.29, 0.717) is 5.92 Å². The Morgan fingerprint density at radius 1 is 1.00 bits per heavy atom. The fourth-order valence-corrected chi connectivity index (χ4v) is 0.881. The van der Waals surface area contributed by atoms with Gasteiger partial charge in [-0.05, 0) is 17.8 Å². The molecular weight excluding hydrogens is 120 g/mol. The molecule has 0 aliphatic rings. The molecule has 2 atom stereocenters. The van der Waals surface area contributed by atoms with Crippen molar-refractivity contribution in [1.29, 1.82) is 0 Å². The first-order chi connectivity index (χ1) is 4.54. The van der Waals surface area contributed by atoms with Crippen molar-refractivity contribution in [2.75, 3.05) is 0 Å². The molecule has 0 aromatic carbocycles. The smallest absolute Gasteiger partial charge is 0.0417 e. The molecule has 0 saturated heterocycles. The fourth-order valence-electron chi connectivity index (χ4n) is 0.881. The van der Waals surface area contributed by atoms with Gasteiger partial charge in [-0.2, -0.15) is 0 Å². The van der Waals surface area contributed by atoms with Gasteiger partial charge in [-0.25, -0.2) is 0 Å². The van der Waals surface area contributed by atoms with Crippen LogP contribution in [-0.4, -0.2) is 0 Å². The molecule has 0 aromatic rings. The topological polar surface area (TPSA) is 0 Å². The van der Waals surface area contributed by atoms with E-state index in [1.807, 2.05) is 0 Å². The third-order valence-corrected chi connectivity index (χ3v) is 2.17. The average Bonchev–Trinajstić information content (AvgIpc) is 1.82. The van der Waals surface area contributed by atoms with Crippen LogP contribution in [0, 0.1) is 24.7 Å². The lowest BCUT2D eigenvalue weighted by Gasteiger charge is -2.15. The van der Waals surface area contributed by atoms with E-state index in [4.69, 9.17) is 0 Å². The monoisotopic (exact) mass is 141 g/mol. The fraction of sp³-hybridized carbons (Fsp3) is 0.900. The van der Waals surface area contributed by atoms with Gasteiger partial charge >= 0.3 is 0 Å². The minimum atomic E-state index is 0.610. The molecule has 0 bridgehead atoms. The highest BCUT2D eigenvalue weighted by Crippen LogP contribution is 2.18. The first-order valence-electron chi connectivity index (χ1n) is 4.37. The van der Waals surface area contributed by atoms with Crippen LogP contribution in [-0.2, 0) is 0 Å². The van der Waals surface area contributed by atoms with Gasteiger partial charge in [0.1, 0.15) is 0 Å². The summed E-state index contributed by atoms with van der Waals surface area (Å²) in [7, 11) is 0. The minimum Gasteiger partial charge on any atom is -0.0628 e. The van der Waals surface area contributed by atoms with Crippen LogP contribution in [0.1, 0.15) is 40.5 Å². The maximum Gasteiger partial charge on any atom is -0.0417 e. The molecule has 2 unspecified atom stereocenters. The summed E-state index contributed by atoms with van der Waals surface area (Å²) in [5.41, 5.74) is 0. The van der Waals surface area contributed by atoms with Gasteiger partial charge in [-0.1, -0.05) is 47.5 Å². The lowest BCUT2D eigenvalue weighted by Crippen LogP contribution is -2.05. The Labute approximate surface area is 66.0 Å². The van der Waals surface area contributed by atoms with Crippen molar-refractivity contribution in [3.05, 3.63) is 6.92 Å². The third kappa shape index (κ3) is 4.84. The number of hydrogen-bond donors (Lipinski definition) is 0. The predicted octanol–water partition coefficient (Wildman–Crippen LogP) is 3.53. The summed E-state index contributed by atoms with van der Waals surface area (Å²) in [5.74, 6) is 2.25. The largest absolute Gasteiger partial charge is 0.0628 e. The summed E-state index contributed by atoms with van der Waals surface area (Å²) in [6.45, 7) is 13.1. The Bertz CT molecular complexity index is 72.1. The SMILES string of the molecule is [CH2]C(C)C(C)CCC(C)C. The Balaban J connectivity index is 3.30. The molecule has 0 nitrogen and oxygen atoms in total. The molecule has 0 fully saturated rings. The van der Waals surface area contributed by atoms with Crippen molar-refractivity contribution in [2.45, 2.75) is 40.5 Å². The molecule has 0 amide bonds. The van der Waals surface area contributed by atoms with E-state index in [9.17, 15) is 0 Å². The molecule has 61 valence electrons. The van der Waals surface area contributed by atoms with Crippen LogP contribution in [0.5, 0.6) is 0 Å². The first kappa shape index (κ1) is 10.0. The zero-order valence-corrected chi connectivity index (χ0v) is 7.85. The second kappa shape index (κ2) is 4.76. The average molecular weight is 141 g/mol. The lowest BCUT2D eigenvalue weighted by molar-refractivity contribution is 0.382. The van der Waals surface area contributed by atoms with E-state index in [1.54, 1.807) is 0 Å². The van der Waals surface area contributed by atoms with Gasteiger partial charge in [0.25, 0.3) is 0 Å². The molecule has 0 rings (SSSR count). The molecule has 0 saturated carbocycles. The summed E-state index contributed by atoms with van der Waals surface area (Å²) in [4.78, 5) is 0. The zero-order chi connectivity index (χ0) is 8.15. The highest BCUT2D eigenvalue weighted by molar-refractivity contribution is 4.63. The summed E-state index contributed by atoms with van der Waals surface area (Å²) in [6.07, 6.45) is 2.68. The van der Waals surface area contributed by atoms with Gasteiger partial charge in [0.15, 0.2) is 0 Å². The first-order valence-corrected chi connectivity index (χ1v) is 4.37. The summed E-state index contributed by atoms with van der Waals surface area (Å²) < 4.78 is 0. The lowest BCUT2D eigenvalue weighted by atomic mass is 9.91. The minimum absolute atomic E-state index is 0.610. The van der Waals surface area contributed by atoms with Crippen molar-refractivity contribution >= 4 is 0 Å². The normalized spacial score (nSPS) is 14.7. The molecule has 0 N–H and O–H groups in total. The Morgan fingerprint density at radius 2 is 1.50 bits per heavy atom. The summed E-state index contributed by atoms with van der Waals surface area (Å²) in [6, 6.07) is 0. The molecule has 0 aromatic heterocycles. The summed E-state index contributed by atoms with van der Waals surface area (Å²) in [5, 5.41) is 0. The second-order valence-electron chi connectivity index (χ2n) is 3.93. The highest BCUT2D eigenvalue weighted by atomic mass is 14.1. The van der Waals surface area contributed by atoms with Crippen molar-refractivity contribution in [3.63, 3.8) is 0 Å². The number of hydrogen-bond acceptors (Lipinski definition) is 0. The van der Waals surface area contributed by atoms with Crippen LogP contribution in [0.25, 0.3) is 0 Å². The maximum atomic E-state index is 4.02. The Hall–Kier alpha value is 0. The summed E-state index contributed by atoms with van der Waals surface area (Å²) >= 11 is 0. The van der Waals surface area contributed by atoms with Crippen molar-refractivity contribution in [3.8, 4) is 0 Å². The van der Waals surface area contributed by atoms with Gasteiger partial charge in [0.05, 0.1) is 0 Å². The Kier molecular flexibility index (Phi) is 4.76. The van der Waals surface area contributed by atoms with Gasteiger partial charge < -0.3 is 0 Å². The van der Waals surface area contributed by atoms with Gasteiger partial charge in [0.2, 0.25) is 0 Å². The molecular formula is C10H21. The van der Waals surface area contributed by atoms with Crippen molar-refractivity contribution in [1.82, 2.24) is 0 Å². The van der Waals surface area contributed by atoms with Crippen LogP contribution in [0.4, 0.5) is 0 Å². The Morgan fingerprint density at radius 3 is 1.80 bits per heavy atom. The molecule has 10 heavy (non-hydrogen) atoms. The molecule has 0 aliphatic carbocycles. The second-order valence-corrected chi connectivity index (χ2v) is 3.93. The van der Waals surface area contributed by atoms with E-state index in [1.165, 1.54) is 12.8 Å². The molecule has 0 aliphatic heterocycles. The quantitative estimate of drug-likeness (QED) is 0.562. The van der Waals surface area contributed by atoms with E-state index in [0.717, 1.165) is 11.8 Å². The van der Waals surface area contributed by atoms with E-state index in [2.05, 4.69) is 34.6 Å². The van der Waals surface area contributed by atoms with Gasteiger partial charge in [0, 0.05) is 0 Å². The maximum absolute atomic E-state index is 4.02. The van der Waals surface area contributed by atoms with E-state index < -0.39 is 0 Å². The van der Waals surface area contributed by atoms with Crippen LogP contribution < -0.4 is 0 Å². The van der Waals surface area contributed by atoms with Crippen LogP contribution in [0.2, 0.25) is 0 Å². The van der Waals surface area contributed by atoms with E-state index >= 15 is 0 Å². The van der Waals surface area contributed by atoms with Crippen molar-refractivity contribution < 1.29 is 0 Å². The van der Waals surface area contributed by atoms with Gasteiger partial charge in [-0.3, -0.25) is 0 Å². The predicted molar refractivity (Wildman–Crippen MR) is 47.8 cm³/mol.